The lowest BCUT2D eigenvalue weighted by Crippen LogP contribution is -2.47. The van der Waals surface area contributed by atoms with E-state index in [4.69, 9.17) is 0 Å². The van der Waals surface area contributed by atoms with Gasteiger partial charge in [0.1, 0.15) is 6.23 Å². The standard InChI is InChI=1S/C13H27NO/c1-4-8-13(15)14(5-2)12-10-7-6-9-11(12)3/h11-13,15H,4-10H2,1-3H3. The largest absolute Gasteiger partial charge is 0.378 e. The lowest BCUT2D eigenvalue weighted by molar-refractivity contribution is -0.0500. The van der Waals surface area contributed by atoms with Crippen molar-refractivity contribution in [2.45, 2.75) is 71.6 Å². The van der Waals surface area contributed by atoms with Crippen LogP contribution in [0.3, 0.4) is 0 Å². The van der Waals surface area contributed by atoms with E-state index in [2.05, 4.69) is 25.7 Å². The van der Waals surface area contributed by atoms with Crippen LogP contribution in [0.15, 0.2) is 0 Å². The van der Waals surface area contributed by atoms with Crippen LogP contribution >= 0.6 is 0 Å². The zero-order valence-corrected chi connectivity index (χ0v) is 10.6. The Morgan fingerprint density at radius 2 is 1.93 bits per heavy atom. The molecule has 0 aliphatic heterocycles. The minimum absolute atomic E-state index is 0.217. The zero-order chi connectivity index (χ0) is 11.3. The first kappa shape index (κ1) is 13.0. The average Bonchev–Trinajstić information content (AvgIpc) is 2.22. The van der Waals surface area contributed by atoms with E-state index in [1.807, 2.05) is 0 Å². The maximum atomic E-state index is 10.1. The molecule has 0 amide bonds. The molecule has 0 heterocycles. The maximum absolute atomic E-state index is 10.1. The van der Waals surface area contributed by atoms with Crippen molar-refractivity contribution >= 4 is 0 Å². The van der Waals surface area contributed by atoms with Crippen LogP contribution < -0.4 is 0 Å². The summed E-state index contributed by atoms with van der Waals surface area (Å²) >= 11 is 0. The van der Waals surface area contributed by atoms with Crippen molar-refractivity contribution in [2.24, 2.45) is 5.92 Å². The number of nitrogens with zero attached hydrogens (tertiary/aromatic N) is 1. The monoisotopic (exact) mass is 213 g/mol. The molecule has 0 aromatic carbocycles. The van der Waals surface area contributed by atoms with Gasteiger partial charge in [-0.25, -0.2) is 0 Å². The first-order chi connectivity index (χ1) is 7.20. The maximum Gasteiger partial charge on any atom is 0.107 e. The average molecular weight is 213 g/mol. The van der Waals surface area contributed by atoms with Gasteiger partial charge in [-0.2, -0.15) is 0 Å². The van der Waals surface area contributed by atoms with E-state index in [0.29, 0.717) is 6.04 Å². The molecular weight excluding hydrogens is 186 g/mol. The van der Waals surface area contributed by atoms with E-state index in [-0.39, 0.29) is 6.23 Å². The third-order valence-corrected chi connectivity index (χ3v) is 3.79. The van der Waals surface area contributed by atoms with E-state index in [0.717, 1.165) is 25.3 Å². The molecule has 2 heteroatoms. The van der Waals surface area contributed by atoms with Crippen LogP contribution in [0.25, 0.3) is 0 Å². The second-order valence-electron chi connectivity index (χ2n) is 4.93. The summed E-state index contributed by atoms with van der Waals surface area (Å²) in [7, 11) is 0. The molecule has 3 unspecified atom stereocenters. The van der Waals surface area contributed by atoms with Crippen LogP contribution in [-0.2, 0) is 0 Å². The van der Waals surface area contributed by atoms with Gasteiger partial charge in [0.15, 0.2) is 0 Å². The molecule has 1 N–H and O–H groups in total. The van der Waals surface area contributed by atoms with Gasteiger partial charge >= 0.3 is 0 Å². The minimum atomic E-state index is -0.217. The Hall–Kier alpha value is -0.0800. The first-order valence-electron chi connectivity index (χ1n) is 6.64. The summed E-state index contributed by atoms with van der Waals surface area (Å²) in [5.41, 5.74) is 0. The number of rotatable bonds is 5. The number of hydrogen-bond acceptors (Lipinski definition) is 2. The van der Waals surface area contributed by atoms with E-state index in [1.54, 1.807) is 0 Å². The summed E-state index contributed by atoms with van der Waals surface area (Å²) in [5, 5.41) is 10.1. The molecule has 3 atom stereocenters. The van der Waals surface area contributed by atoms with Gasteiger partial charge in [-0.3, -0.25) is 4.90 Å². The molecule has 0 aromatic rings. The van der Waals surface area contributed by atoms with Gasteiger partial charge in [0.25, 0.3) is 0 Å². The van der Waals surface area contributed by atoms with Crippen molar-refractivity contribution in [1.29, 1.82) is 0 Å². The van der Waals surface area contributed by atoms with Crippen LogP contribution in [0.1, 0.15) is 59.3 Å². The molecule has 0 spiro atoms. The summed E-state index contributed by atoms with van der Waals surface area (Å²) in [5.74, 6) is 0.755. The quantitative estimate of drug-likeness (QED) is 0.710. The molecular formula is C13H27NO. The van der Waals surface area contributed by atoms with Gasteiger partial charge in [-0.05, 0) is 31.7 Å². The normalized spacial score (nSPS) is 29.4. The Bertz CT molecular complexity index is 172. The van der Waals surface area contributed by atoms with E-state index in [1.165, 1.54) is 25.7 Å². The van der Waals surface area contributed by atoms with Gasteiger partial charge in [-0.1, -0.05) is 40.0 Å². The molecule has 1 fully saturated rings. The number of hydrogen-bond donors (Lipinski definition) is 1. The van der Waals surface area contributed by atoms with Crippen LogP contribution in [0.2, 0.25) is 0 Å². The molecule has 0 bridgehead atoms. The van der Waals surface area contributed by atoms with Gasteiger partial charge in [0.05, 0.1) is 0 Å². The smallest absolute Gasteiger partial charge is 0.107 e. The third kappa shape index (κ3) is 3.46. The summed E-state index contributed by atoms with van der Waals surface area (Å²) in [6.45, 7) is 7.63. The molecule has 0 aromatic heterocycles. The van der Waals surface area contributed by atoms with Crippen molar-refractivity contribution in [2.75, 3.05) is 6.54 Å². The molecule has 1 rings (SSSR count). The number of aliphatic hydroxyl groups is 1. The molecule has 90 valence electrons. The van der Waals surface area contributed by atoms with E-state index in [9.17, 15) is 5.11 Å². The lowest BCUT2D eigenvalue weighted by atomic mass is 9.84. The Balaban J connectivity index is 2.54. The highest BCUT2D eigenvalue weighted by Gasteiger charge is 2.29. The van der Waals surface area contributed by atoms with Gasteiger partial charge in [-0.15, -0.1) is 0 Å². The Labute approximate surface area is 94.7 Å². The Morgan fingerprint density at radius 3 is 2.47 bits per heavy atom. The predicted molar refractivity (Wildman–Crippen MR) is 64.7 cm³/mol. The SMILES string of the molecule is CCCC(O)N(CC)C1CCCCC1C. The fraction of sp³-hybridized carbons (Fsp3) is 1.00. The second kappa shape index (κ2) is 6.49. The first-order valence-corrected chi connectivity index (χ1v) is 6.64. The van der Waals surface area contributed by atoms with E-state index >= 15 is 0 Å². The third-order valence-electron chi connectivity index (χ3n) is 3.79. The van der Waals surface area contributed by atoms with Crippen LogP contribution in [0, 0.1) is 5.92 Å². The van der Waals surface area contributed by atoms with Gasteiger partial charge < -0.3 is 5.11 Å². The van der Waals surface area contributed by atoms with Crippen molar-refractivity contribution in [1.82, 2.24) is 4.90 Å². The molecule has 0 saturated heterocycles. The zero-order valence-electron chi connectivity index (χ0n) is 10.6. The molecule has 1 saturated carbocycles. The number of aliphatic hydroxyl groups excluding tert-OH is 1. The van der Waals surface area contributed by atoms with Crippen molar-refractivity contribution in [3.05, 3.63) is 0 Å². The summed E-state index contributed by atoms with van der Waals surface area (Å²) in [6, 6.07) is 0.616. The Kier molecular flexibility index (Phi) is 5.62. The summed E-state index contributed by atoms with van der Waals surface area (Å²) < 4.78 is 0. The van der Waals surface area contributed by atoms with Crippen molar-refractivity contribution in [3.8, 4) is 0 Å². The van der Waals surface area contributed by atoms with Crippen LogP contribution in [0.5, 0.6) is 0 Å². The molecule has 1 aliphatic carbocycles. The lowest BCUT2D eigenvalue weighted by Gasteiger charge is -2.40. The fourth-order valence-electron chi connectivity index (χ4n) is 2.88. The van der Waals surface area contributed by atoms with Gasteiger partial charge in [0, 0.05) is 6.04 Å². The second-order valence-corrected chi connectivity index (χ2v) is 4.93. The highest BCUT2D eigenvalue weighted by atomic mass is 16.3. The summed E-state index contributed by atoms with van der Waals surface area (Å²) in [4.78, 5) is 2.31. The molecule has 2 nitrogen and oxygen atoms in total. The predicted octanol–water partition coefficient (Wildman–Crippen LogP) is 3.01. The minimum Gasteiger partial charge on any atom is -0.378 e. The topological polar surface area (TPSA) is 23.5 Å². The fourth-order valence-corrected chi connectivity index (χ4v) is 2.88. The van der Waals surface area contributed by atoms with Crippen molar-refractivity contribution < 1.29 is 5.11 Å². The van der Waals surface area contributed by atoms with E-state index < -0.39 is 0 Å². The molecule has 1 aliphatic rings. The highest BCUT2D eigenvalue weighted by molar-refractivity contribution is 4.81. The van der Waals surface area contributed by atoms with Crippen molar-refractivity contribution in [3.63, 3.8) is 0 Å². The Morgan fingerprint density at radius 1 is 1.27 bits per heavy atom. The van der Waals surface area contributed by atoms with Crippen LogP contribution in [-0.4, -0.2) is 28.8 Å². The van der Waals surface area contributed by atoms with Crippen LogP contribution in [0.4, 0.5) is 0 Å². The summed E-state index contributed by atoms with van der Waals surface area (Å²) in [6.07, 6.45) is 7.08. The highest BCUT2D eigenvalue weighted by Crippen LogP contribution is 2.29. The van der Waals surface area contributed by atoms with Gasteiger partial charge in [0.2, 0.25) is 0 Å². The molecule has 0 radical (unpaired) electrons. The molecule has 15 heavy (non-hydrogen) atoms.